The van der Waals surface area contributed by atoms with Gasteiger partial charge >= 0.3 is 0 Å². The fourth-order valence-electron chi connectivity index (χ4n) is 3.47. The molecule has 0 saturated heterocycles. The molecule has 1 heterocycles. The zero-order valence-corrected chi connectivity index (χ0v) is 15.3. The Morgan fingerprint density at radius 2 is 1.44 bits per heavy atom. The van der Waals surface area contributed by atoms with E-state index in [0.29, 0.717) is 11.3 Å². The van der Waals surface area contributed by atoms with Gasteiger partial charge in [-0.3, -0.25) is 14.5 Å². The molecule has 1 N–H and O–H groups in total. The maximum absolute atomic E-state index is 13.1. The van der Waals surface area contributed by atoms with Crippen LogP contribution < -0.4 is 5.32 Å². The summed E-state index contributed by atoms with van der Waals surface area (Å²) in [6.07, 6.45) is 0. The van der Waals surface area contributed by atoms with Crippen LogP contribution in [0, 0.1) is 0 Å². The maximum atomic E-state index is 13.1. The molecule has 1 aliphatic heterocycles. The molecule has 4 rings (SSSR count). The minimum atomic E-state index is -0.290. The molecule has 0 saturated carbocycles. The molecule has 4 heteroatoms. The normalized spacial score (nSPS) is 14.6. The Labute approximate surface area is 158 Å². The fourth-order valence-corrected chi connectivity index (χ4v) is 3.47. The summed E-state index contributed by atoms with van der Waals surface area (Å²) in [4.78, 5) is 27.4. The number of anilines is 1. The highest BCUT2D eigenvalue weighted by Gasteiger charge is 2.40. The number of rotatable bonds is 4. The van der Waals surface area contributed by atoms with Crippen molar-refractivity contribution in [2.75, 3.05) is 5.32 Å². The molecule has 0 spiro atoms. The van der Waals surface area contributed by atoms with Gasteiger partial charge in [-0.15, -0.1) is 0 Å². The van der Waals surface area contributed by atoms with E-state index in [0.717, 1.165) is 22.0 Å². The molecular weight excluding hydrogens is 336 g/mol. The van der Waals surface area contributed by atoms with E-state index in [-0.39, 0.29) is 17.9 Å². The standard InChI is InChI=1S/C23H20N2O2/c1-15(2)25-22(26)20(17-10-4-3-5-11-17)21(23(25)27)24-19-14-8-12-16-9-6-7-13-18(16)19/h3-15,24H,1-2H3. The summed E-state index contributed by atoms with van der Waals surface area (Å²) in [6.45, 7) is 3.69. The lowest BCUT2D eigenvalue weighted by atomic mass is 10.0. The van der Waals surface area contributed by atoms with Crippen LogP contribution in [0.15, 0.2) is 78.5 Å². The van der Waals surface area contributed by atoms with Crippen LogP contribution in [0.4, 0.5) is 5.69 Å². The second-order valence-electron chi connectivity index (χ2n) is 6.84. The van der Waals surface area contributed by atoms with Crippen molar-refractivity contribution >= 4 is 33.8 Å². The number of amides is 2. The van der Waals surface area contributed by atoms with E-state index in [1.807, 2.05) is 86.6 Å². The van der Waals surface area contributed by atoms with Gasteiger partial charge in [0, 0.05) is 17.1 Å². The predicted octanol–water partition coefficient (Wildman–Crippen LogP) is 4.44. The summed E-state index contributed by atoms with van der Waals surface area (Å²) in [6, 6.07) is 23.0. The van der Waals surface area contributed by atoms with Gasteiger partial charge in [-0.2, -0.15) is 0 Å². The van der Waals surface area contributed by atoms with Crippen LogP contribution in [0.3, 0.4) is 0 Å². The van der Waals surface area contributed by atoms with Crippen molar-refractivity contribution in [2.24, 2.45) is 0 Å². The smallest absolute Gasteiger partial charge is 0.278 e. The molecule has 134 valence electrons. The van der Waals surface area contributed by atoms with E-state index in [4.69, 9.17) is 0 Å². The van der Waals surface area contributed by atoms with Crippen LogP contribution in [0.1, 0.15) is 19.4 Å². The third-order valence-electron chi connectivity index (χ3n) is 4.74. The lowest BCUT2D eigenvalue weighted by Crippen LogP contribution is -2.38. The number of hydrogen-bond donors (Lipinski definition) is 1. The van der Waals surface area contributed by atoms with E-state index >= 15 is 0 Å². The minimum absolute atomic E-state index is 0.212. The van der Waals surface area contributed by atoms with Crippen molar-refractivity contribution in [3.05, 3.63) is 84.1 Å². The van der Waals surface area contributed by atoms with Crippen molar-refractivity contribution in [2.45, 2.75) is 19.9 Å². The Balaban J connectivity index is 1.87. The molecule has 0 bridgehead atoms. The van der Waals surface area contributed by atoms with Crippen LogP contribution in [-0.4, -0.2) is 22.8 Å². The maximum Gasteiger partial charge on any atom is 0.278 e. The molecule has 27 heavy (non-hydrogen) atoms. The van der Waals surface area contributed by atoms with Crippen molar-refractivity contribution < 1.29 is 9.59 Å². The van der Waals surface area contributed by atoms with Crippen molar-refractivity contribution in [1.29, 1.82) is 0 Å². The van der Waals surface area contributed by atoms with Gasteiger partial charge in [-0.25, -0.2) is 0 Å². The van der Waals surface area contributed by atoms with E-state index in [1.165, 1.54) is 4.90 Å². The largest absolute Gasteiger partial charge is 0.350 e. The number of fused-ring (bicyclic) bond motifs is 1. The van der Waals surface area contributed by atoms with Gasteiger partial charge in [-0.05, 0) is 30.9 Å². The first-order valence-corrected chi connectivity index (χ1v) is 9.00. The number of benzene rings is 3. The summed E-state index contributed by atoms with van der Waals surface area (Å²) in [5.74, 6) is -0.550. The number of nitrogens with one attached hydrogen (secondary N) is 1. The topological polar surface area (TPSA) is 49.4 Å². The summed E-state index contributed by atoms with van der Waals surface area (Å²) in [5, 5.41) is 5.34. The average Bonchev–Trinajstić information content (AvgIpc) is 2.92. The first-order chi connectivity index (χ1) is 13.1. The van der Waals surface area contributed by atoms with Gasteiger partial charge in [0.25, 0.3) is 11.8 Å². The molecule has 1 aliphatic rings. The van der Waals surface area contributed by atoms with E-state index < -0.39 is 0 Å². The highest BCUT2D eigenvalue weighted by Crippen LogP contribution is 2.33. The predicted molar refractivity (Wildman–Crippen MR) is 108 cm³/mol. The minimum Gasteiger partial charge on any atom is -0.350 e. The van der Waals surface area contributed by atoms with Crippen molar-refractivity contribution in [1.82, 2.24) is 4.90 Å². The van der Waals surface area contributed by atoms with Gasteiger partial charge < -0.3 is 5.32 Å². The molecule has 0 fully saturated rings. The Morgan fingerprint density at radius 3 is 2.19 bits per heavy atom. The number of nitrogens with zero attached hydrogens (tertiary/aromatic N) is 1. The lowest BCUT2D eigenvalue weighted by molar-refractivity contribution is -0.138. The molecule has 3 aromatic rings. The van der Waals surface area contributed by atoms with Crippen molar-refractivity contribution in [3.8, 4) is 0 Å². The number of carbonyl (C=O) groups is 2. The second kappa shape index (κ2) is 6.72. The number of imide groups is 1. The molecular formula is C23H20N2O2. The third kappa shape index (κ3) is 2.89. The Morgan fingerprint density at radius 1 is 0.778 bits per heavy atom. The Hall–Kier alpha value is -3.40. The monoisotopic (exact) mass is 356 g/mol. The number of carbonyl (C=O) groups excluding carboxylic acids is 2. The van der Waals surface area contributed by atoms with Gasteiger partial charge in [0.2, 0.25) is 0 Å². The molecule has 4 nitrogen and oxygen atoms in total. The summed E-state index contributed by atoms with van der Waals surface area (Å²) in [5.41, 5.74) is 2.29. The van der Waals surface area contributed by atoms with Gasteiger partial charge in [0.15, 0.2) is 0 Å². The third-order valence-corrected chi connectivity index (χ3v) is 4.74. The Kier molecular flexibility index (Phi) is 4.24. The number of hydrogen-bond acceptors (Lipinski definition) is 3. The highest BCUT2D eigenvalue weighted by atomic mass is 16.2. The molecule has 0 aromatic heterocycles. The highest BCUT2D eigenvalue weighted by molar-refractivity contribution is 6.36. The zero-order valence-electron chi connectivity index (χ0n) is 15.3. The van der Waals surface area contributed by atoms with Crippen LogP contribution in [0.25, 0.3) is 16.3 Å². The van der Waals surface area contributed by atoms with Crippen LogP contribution in [0.5, 0.6) is 0 Å². The molecule has 0 atom stereocenters. The Bertz CT molecular complexity index is 1060. The molecule has 0 radical (unpaired) electrons. The van der Waals surface area contributed by atoms with Crippen LogP contribution in [-0.2, 0) is 9.59 Å². The quantitative estimate of drug-likeness (QED) is 0.703. The van der Waals surface area contributed by atoms with Gasteiger partial charge in [-0.1, -0.05) is 66.7 Å². The van der Waals surface area contributed by atoms with Gasteiger partial charge in [0.1, 0.15) is 5.70 Å². The molecule has 2 amide bonds. The van der Waals surface area contributed by atoms with E-state index in [2.05, 4.69) is 5.32 Å². The van der Waals surface area contributed by atoms with Gasteiger partial charge in [0.05, 0.1) is 5.57 Å². The SMILES string of the molecule is CC(C)N1C(=O)C(Nc2cccc3ccccc23)=C(c2ccccc2)C1=O. The molecule has 0 unspecified atom stereocenters. The lowest BCUT2D eigenvalue weighted by Gasteiger charge is -2.19. The first-order valence-electron chi connectivity index (χ1n) is 9.00. The summed E-state index contributed by atoms with van der Waals surface area (Å²) >= 11 is 0. The van der Waals surface area contributed by atoms with Crippen LogP contribution in [0.2, 0.25) is 0 Å². The average molecular weight is 356 g/mol. The fraction of sp³-hybridized carbons (Fsp3) is 0.130. The summed E-state index contributed by atoms with van der Waals surface area (Å²) < 4.78 is 0. The molecule has 3 aromatic carbocycles. The second-order valence-corrected chi connectivity index (χ2v) is 6.84. The van der Waals surface area contributed by atoms with Crippen molar-refractivity contribution in [3.63, 3.8) is 0 Å². The molecule has 0 aliphatic carbocycles. The zero-order chi connectivity index (χ0) is 19.0. The first kappa shape index (κ1) is 17.0. The van der Waals surface area contributed by atoms with E-state index in [1.54, 1.807) is 0 Å². The van der Waals surface area contributed by atoms with E-state index in [9.17, 15) is 9.59 Å². The van der Waals surface area contributed by atoms with Crippen LogP contribution >= 0.6 is 0 Å². The summed E-state index contributed by atoms with van der Waals surface area (Å²) in [7, 11) is 0.